The van der Waals surface area contributed by atoms with Gasteiger partial charge in [-0.05, 0) is 31.7 Å². The van der Waals surface area contributed by atoms with Crippen molar-refractivity contribution >= 4 is 17.8 Å². The molecule has 0 radical (unpaired) electrons. The summed E-state index contributed by atoms with van der Waals surface area (Å²) in [6, 6.07) is 6.03. The highest BCUT2D eigenvalue weighted by molar-refractivity contribution is 6.00. The Morgan fingerprint density at radius 2 is 2.00 bits per heavy atom. The number of carbonyl (C=O) groups excluding carboxylic acids is 2. The number of ether oxygens (including phenoxy) is 1. The lowest BCUT2D eigenvalue weighted by atomic mass is 9.84. The van der Waals surface area contributed by atoms with Crippen LogP contribution in [0.1, 0.15) is 78.9 Å². The van der Waals surface area contributed by atoms with Crippen molar-refractivity contribution in [1.29, 1.82) is 5.26 Å². The van der Waals surface area contributed by atoms with Gasteiger partial charge in [0.2, 0.25) is 5.95 Å². The molecule has 0 bridgehead atoms. The monoisotopic (exact) mass is 497 g/mol. The Labute approximate surface area is 209 Å². The highest BCUT2D eigenvalue weighted by Crippen LogP contribution is 2.36. The van der Waals surface area contributed by atoms with Gasteiger partial charge in [0.25, 0.3) is 5.91 Å². The summed E-state index contributed by atoms with van der Waals surface area (Å²) >= 11 is 0. The number of nitriles is 1. The van der Waals surface area contributed by atoms with E-state index in [1.807, 2.05) is 12.1 Å². The van der Waals surface area contributed by atoms with Gasteiger partial charge in [-0.1, -0.05) is 25.3 Å². The van der Waals surface area contributed by atoms with Crippen LogP contribution in [0.25, 0.3) is 0 Å². The van der Waals surface area contributed by atoms with E-state index in [1.54, 1.807) is 4.68 Å². The molecule has 3 heterocycles. The van der Waals surface area contributed by atoms with Gasteiger partial charge in [0, 0.05) is 43.0 Å². The quantitative estimate of drug-likeness (QED) is 0.557. The molecule has 1 aliphatic carbocycles. The molecule has 1 saturated carbocycles. The van der Waals surface area contributed by atoms with Crippen molar-refractivity contribution in [3.8, 4) is 6.07 Å². The van der Waals surface area contributed by atoms with Crippen LogP contribution in [0, 0.1) is 17.3 Å². The molecule has 3 N–H and O–H groups in total. The number of hydrogen-bond donors (Lipinski definition) is 2. The second kappa shape index (κ2) is 11.0. The average Bonchev–Trinajstić information content (AvgIpc) is 3.32. The van der Waals surface area contributed by atoms with E-state index >= 15 is 0 Å². The first-order chi connectivity index (χ1) is 17.3. The highest BCUT2D eigenvalue weighted by Gasteiger charge is 2.38. The number of nitrogens with two attached hydrogens (primary N) is 1. The Balaban J connectivity index is 1.46. The van der Waals surface area contributed by atoms with Crippen LogP contribution in [0.3, 0.4) is 0 Å². The van der Waals surface area contributed by atoms with E-state index in [2.05, 4.69) is 31.1 Å². The first kappa shape index (κ1) is 25.6. The Morgan fingerprint density at radius 1 is 1.28 bits per heavy atom. The number of piperidine rings is 1. The van der Waals surface area contributed by atoms with E-state index < -0.39 is 23.5 Å². The van der Waals surface area contributed by atoms with Gasteiger partial charge in [0.15, 0.2) is 5.82 Å². The van der Waals surface area contributed by atoms with Gasteiger partial charge in [0.05, 0.1) is 25.1 Å². The van der Waals surface area contributed by atoms with E-state index in [0.29, 0.717) is 44.0 Å². The predicted octanol–water partition coefficient (Wildman–Crippen LogP) is 3.65. The van der Waals surface area contributed by atoms with Crippen LogP contribution in [-0.4, -0.2) is 51.9 Å². The largest absolute Gasteiger partial charge is 0.453 e. The standard InChI is InChI=1S/C25H32FN7O3/c1-36-24(35)30-23-19(22(28)34)16-33(31-23)25(9-12-27)10-13-32(14-11-25)15-18-7-8-20(29-21(18)26)17-5-3-2-4-6-17/h7-8,16-17H,2-6,9-11,13-15H2,1H3,(H2,28,34)(H,30,31,35). The normalized spacial score (nSPS) is 18.4. The van der Waals surface area contributed by atoms with Gasteiger partial charge in [-0.15, -0.1) is 0 Å². The maximum Gasteiger partial charge on any atom is 0.412 e. The van der Waals surface area contributed by atoms with Crippen LogP contribution in [0.4, 0.5) is 15.0 Å². The summed E-state index contributed by atoms with van der Waals surface area (Å²) in [6.45, 7) is 1.61. The highest BCUT2D eigenvalue weighted by atomic mass is 19.1. The molecule has 1 saturated heterocycles. The van der Waals surface area contributed by atoms with Crippen molar-refractivity contribution in [3.05, 3.63) is 41.1 Å². The molecule has 1 aliphatic heterocycles. The number of nitrogens with zero attached hydrogens (tertiary/aromatic N) is 5. The number of hydrogen-bond acceptors (Lipinski definition) is 7. The summed E-state index contributed by atoms with van der Waals surface area (Å²) in [5.74, 6) is -0.831. The van der Waals surface area contributed by atoms with Crippen LogP contribution < -0.4 is 11.1 Å². The molecule has 11 heteroatoms. The molecule has 0 aromatic carbocycles. The lowest BCUT2D eigenvalue weighted by Crippen LogP contribution is -2.46. The Bertz CT molecular complexity index is 1150. The molecule has 0 unspecified atom stereocenters. The molecule has 2 amide bonds. The van der Waals surface area contributed by atoms with E-state index in [1.165, 1.54) is 32.6 Å². The SMILES string of the molecule is COC(=O)Nc1nn(C2(CC#N)CCN(Cc3ccc(C4CCCCC4)nc3F)CC2)cc1C(N)=O. The van der Waals surface area contributed by atoms with E-state index in [4.69, 9.17) is 5.73 Å². The zero-order valence-corrected chi connectivity index (χ0v) is 20.5. The van der Waals surface area contributed by atoms with Crippen LogP contribution >= 0.6 is 0 Å². The molecular formula is C25H32FN7O3. The maximum atomic E-state index is 14.9. The van der Waals surface area contributed by atoms with Gasteiger partial charge < -0.3 is 10.5 Å². The number of likely N-dealkylation sites (tertiary alicyclic amines) is 1. The van der Waals surface area contributed by atoms with Gasteiger partial charge in [0.1, 0.15) is 5.56 Å². The van der Waals surface area contributed by atoms with Crippen LogP contribution in [-0.2, 0) is 16.8 Å². The number of methoxy groups -OCH3 is 1. The summed E-state index contributed by atoms with van der Waals surface area (Å²) in [5.41, 5.74) is 6.23. The maximum absolute atomic E-state index is 14.9. The molecule has 192 valence electrons. The molecule has 0 spiro atoms. The number of aromatic nitrogens is 3. The van der Waals surface area contributed by atoms with E-state index in [0.717, 1.165) is 18.5 Å². The molecule has 4 rings (SSSR count). The third kappa shape index (κ3) is 5.49. The van der Waals surface area contributed by atoms with Crippen molar-refractivity contribution in [3.63, 3.8) is 0 Å². The minimum absolute atomic E-state index is 0.0136. The zero-order valence-electron chi connectivity index (χ0n) is 20.5. The second-order valence-corrected chi connectivity index (χ2v) is 9.67. The number of anilines is 1. The first-order valence-electron chi connectivity index (χ1n) is 12.3. The van der Waals surface area contributed by atoms with Crippen molar-refractivity contribution in [2.45, 2.75) is 69.4 Å². The molecule has 2 fully saturated rings. The minimum Gasteiger partial charge on any atom is -0.453 e. The average molecular weight is 498 g/mol. The smallest absolute Gasteiger partial charge is 0.412 e. The Kier molecular flexibility index (Phi) is 7.84. The summed E-state index contributed by atoms with van der Waals surface area (Å²) in [4.78, 5) is 30.0. The molecule has 2 aliphatic rings. The van der Waals surface area contributed by atoms with Crippen molar-refractivity contribution in [2.24, 2.45) is 5.73 Å². The van der Waals surface area contributed by atoms with Crippen LogP contribution in [0.15, 0.2) is 18.3 Å². The number of primary amides is 1. The summed E-state index contributed by atoms with van der Waals surface area (Å²) in [6.07, 6.45) is 7.67. The number of carbonyl (C=O) groups is 2. The van der Waals surface area contributed by atoms with Crippen LogP contribution in [0.5, 0.6) is 0 Å². The van der Waals surface area contributed by atoms with Crippen molar-refractivity contribution in [1.82, 2.24) is 19.7 Å². The third-order valence-electron chi connectivity index (χ3n) is 7.43. The van der Waals surface area contributed by atoms with E-state index in [9.17, 15) is 19.2 Å². The minimum atomic E-state index is -0.781. The third-order valence-corrected chi connectivity index (χ3v) is 7.43. The summed E-state index contributed by atoms with van der Waals surface area (Å²) in [7, 11) is 1.20. The molecule has 2 aromatic rings. The number of nitrogens with one attached hydrogen (secondary N) is 1. The fraction of sp³-hybridized carbons (Fsp3) is 0.560. The Morgan fingerprint density at radius 3 is 2.61 bits per heavy atom. The first-order valence-corrected chi connectivity index (χ1v) is 12.3. The van der Waals surface area contributed by atoms with Crippen molar-refractivity contribution < 1.29 is 18.7 Å². The van der Waals surface area contributed by atoms with Crippen molar-refractivity contribution in [2.75, 3.05) is 25.5 Å². The fourth-order valence-electron chi connectivity index (χ4n) is 5.26. The molecule has 36 heavy (non-hydrogen) atoms. The lowest BCUT2D eigenvalue weighted by Gasteiger charge is -2.40. The molecule has 10 nitrogen and oxygen atoms in total. The van der Waals surface area contributed by atoms with Gasteiger partial charge >= 0.3 is 6.09 Å². The van der Waals surface area contributed by atoms with E-state index in [-0.39, 0.29) is 17.8 Å². The zero-order chi connectivity index (χ0) is 25.7. The number of halogens is 1. The second-order valence-electron chi connectivity index (χ2n) is 9.67. The van der Waals surface area contributed by atoms with Crippen LogP contribution in [0.2, 0.25) is 0 Å². The molecule has 0 atom stereocenters. The molecular weight excluding hydrogens is 465 g/mol. The van der Waals surface area contributed by atoms with Gasteiger partial charge in [-0.25, -0.2) is 9.78 Å². The topological polar surface area (TPSA) is 139 Å². The summed E-state index contributed by atoms with van der Waals surface area (Å²) < 4.78 is 21.0. The summed E-state index contributed by atoms with van der Waals surface area (Å²) in [5, 5.41) is 16.3. The number of pyridine rings is 1. The van der Waals surface area contributed by atoms with Gasteiger partial charge in [-0.2, -0.15) is 14.8 Å². The lowest BCUT2D eigenvalue weighted by molar-refractivity contribution is 0.0960. The molecule has 2 aromatic heterocycles. The Hall–Kier alpha value is -3.52. The fourth-order valence-corrected chi connectivity index (χ4v) is 5.26. The number of rotatable bonds is 7. The van der Waals surface area contributed by atoms with Gasteiger partial charge in [-0.3, -0.25) is 19.7 Å². The predicted molar refractivity (Wildman–Crippen MR) is 130 cm³/mol. The number of amides is 2.